The molecule has 1 unspecified atom stereocenters. The van der Waals surface area contributed by atoms with Gasteiger partial charge in [-0.3, -0.25) is 0 Å². The Morgan fingerprint density at radius 1 is 0.815 bits per heavy atom. The number of rotatable bonds is 7. The van der Waals surface area contributed by atoms with E-state index in [1.54, 1.807) is 10.8 Å². The van der Waals surface area contributed by atoms with Crippen molar-refractivity contribution in [3.8, 4) is 22.5 Å². The number of pyridine rings is 3. The Balaban J connectivity index is 0.000000191. The summed E-state index contributed by atoms with van der Waals surface area (Å²) in [4.78, 5) is 14.3. The summed E-state index contributed by atoms with van der Waals surface area (Å²) in [6.45, 7) is 16.3. The zero-order valence-electron chi connectivity index (χ0n) is 33.4. The molecule has 8 rings (SSSR count). The molecule has 1 radical (unpaired) electrons. The van der Waals surface area contributed by atoms with Crippen LogP contribution in [-0.4, -0.2) is 23.0 Å². The van der Waals surface area contributed by atoms with E-state index in [0.29, 0.717) is 17.5 Å². The van der Waals surface area contributed by atoms with Crippen molar-refractivity contribution < 1.29 is 24.5 Å². The molecule has 0 N–H and O–H groups in total. The van der Waals surface area contributed by atoms with Crippen molar-refractivity contribution in [3.05, 3.63) is 108 Å². The SMILES string of the molecule is CC(c1ccc2c(n1)oc1c(-c3cc(C4CCCCC4)ccn3)[c-]ccc12)C(C)(C)C.C[Si](C)(C)c1cnc(-c2[c-]cccc2)cc1CC1CCCC1.[Ir]. The first-order valence-corrected chi connectivity index (χ1v) is 23.6. The van der Waals surface area contributed by atoms with Crippen molar-refractivity contribution in [2.24, 2.45) is 11.3 Å². The van der Waals surface area contributed by atoms with Gasteiger partial charge in [-0.05, 0) is 71.3 Å². The molecule has 0 spiro atoms. The van der Waals surface area contributed by atoms with Gasteiger partial charge in [0.05, 0.1) is 13.7 Å². The van der Waals surface area contributed by atoms with E-state index >= 15 is 0 Å². The first-order valence-electron chi connectivity index (χ1n) is 20.1. The molecule has 6 heteroatoms. The van der Waals surface area contributed by atoms with Crippen molar-refractivity contribution in [2.75, 3.05) is 0 Å². The van der Waals surface area contributed by atoms with Crippen LogP contribution >= 0.6 is 0 Å². The topological polar surface area (TPSA) is 51.8 Å². The fourth-order valence-electron chi connectivity index (χ4n) is 8.35. The Hall–Kier alpha value is -3.44. The predicted octanol–water partition coefficient (Wildman–Crippen LogP) is 12.9. The molecule has 2 aliphatic carbocycles. The third-order valence-electron chi connectivity index (χ3n) is 11.9. The predicted molar refractivity (Wildman–Crippen MR) is 224 cm³/mol. The van der Waals surface area contributed by atoms with Crippen molar-refractivity contribution in [1.82, 2.24) is 15.0 Å². The molecule has 1 atom stereocenters. The van der Waals surface area contributed by atoms with Crippen LogP contribution in [0.25, 0.3) is 44.6 Å². The molecule has 6 aromatic rings. The van der Waals surface area contributed by atoms with Crippen LogP contribution < -0.4 is 5.19 Å². The summed E-state index contributed by atoms with van der Waals surface area (Å²) in [5.74, 6) is 1.86. The number of nitrogens with zero attached hydrogens (tertiary/aromatic N) is 3. The summed E-state index contributed by atoms with van der Waals surface area (Å²) < 4.78 is 6.34. The van der Waals surface area contributed by atoms with Gasteiger partial charge < -0.3 is 14.4 Å². The minimum absolute atomic E-state index is 0. The molecule has 4 nitrogen and oxygen atoms in total. The van der Waals surface area contributed by atoms with Gasteiger partial charge in [-0.25, -0.2) is 4.98 Å². The van der Waals surface area contributed by atoms with Gasteiger partial charge in [0, 0.05) is 49.5 Å². The second-order valence-electron chi connectivity index (χ2n) is 17.8. The third-order valence-corrected chi connectivity index (χ3v) is 14.0. The zero-order chi connectivity index (χ0) is 37.2. The summed E-state index contributed by atoms with van der Waals surface area (Å²) >= 11 is 0. The first kappa shape index (κ1) is 40.2. The van der Waals surface area contributed by atoms with Crippen molar-refractivity contribution in [1.29, 1.82) is 0 Å². The van der Waals surface area contributed by atoms with E-state index in [4.69, 9.17) is 19.4 Å². The Labute approximate surface area is 338 Å². The van der Waals surface area contributed by atoms with E-state index in [-0.39, 0.29) is 25.5 Å². The van der Waals surface area contributed by atoms with Gasteiger partial charge in [-0.1, -0.05) is 126 Å². The average Bonchev–Trinajstić information content (AvgIpc) is 3.82. The van der Waals surface area contributed by atoms with E-state index in [1.165, 1.54) is 69.8 Å². The van der Waals surface area contributed by atoms with Crippen LogP contribution in [0.15, 0.2) is 83.5 Å². The molecule has 2 aliphatic rings. The van der Waals surface area contributed by atoms with E-state index in [1.807, 2.05) is 24.4 Å². The molecule has 2 fully saturated rings. The maximum Gasteiger partial charge on any atom is 0.216 e. The summed E-state index contributed by atoms with van der Waals surface area (Å²) in [5.41, 5.74) is 9.75. The van der Waals surface area contributed by atoms with Crippen molar-refractivity contribution >= 4 is 35.3 Å². The Kier molecular flexibility index (Phi) is 12.8. The molecule has 0 amide bonds. The van der Waals surface area contributed by atoms with Gasteiger partial charge in [0.25, 0.3) is 0 Å². The fourth-order valence-corrected chi connectivity index (χ4v) is 9.94. The van der Waals surface area contributed by atoms with Gasteiger partial charge in [0.15, 0.2) is 0 Å². The number of benzene rings is 2. The number of aromatic nitrogens is 3. The molecule has 4 aromatic heterocycles. The molecule has 2 saturated carbocycles. The quantitative estimate of drug-likeness (QED) is 0.118. The van der Waals surface area contributed by atoms with E-state index < -0.39 is 8.07 Å². The minimum Gasteiger partial charge on any atom is -0.486 e. The Bertz CT molecular complexity index is 2150. The maximum absolute atomic E-state index is 6.34. The molecule has 0 saturated heterocycles. The van der Waals surface area contributed by atoms with E-state index in [0.717, 1.165) is 50.5 Å². The summed E-state index contributed by atoms with van der Waals surface area (Å²) in [6.07, 6.45) is 17.5. The summed E-state index contributed by atoms with van der Waals surface area (Å²) in [7, 11) is -1.35. The first-order chi connectivity index (χ1) is 25.5. The van der Waals surface area contributed by atoms with Gasteiger partial charge in [0.2, 0.25) is 5.71 Å². The van der Waals surface area contributed by atoms with Crippen LogP contribution in [0.3, 0.4) is 0 Å². The molecule has 285 valence electrons. The van der Waals surface area contributed by atoms with Crippen LogP contribution in [0.1, 0.15) is 114 Å². The molecular formula is C48H57IrN3OSi-2. The number of furan rings is 1. The molecular weight excluding hydrogens is 855 g/mol. The standard InChI is InChI=1S/C28H31N2O.C20H26NSi.Ir/c1-18(28(2,3)4)24-14-13-22-21-11-8-12-23(26(21)31-27(22)30-24)25-17-20(15-16-29-25)19-9-6-5-7-10-19;1-22(2,3)20-15-21-19(17-11-5-4-6-12-17)14-18(20)13-16-9-7-8-10-16;/h8,11,13-19H,5-7,9-10H2,1-4H3;4-6,11,14-16H,7-10,13H2,1-3H3;/q2*-1;. The molecule has 0 bridgehead atoms. The Morgan fingerprint density at radius 3 is 2.28 bits per heavy atom. The largest absolute Gasteiger partial charge is 0.486 e. The zero-order valence-corrected chi connectivity index (χ0v) is 36.8. The minimum atomic E-state index is -1.35. The second-order valence-corrected chi connectivity index (χ2v) is 22.8. The number of hydrogen-bond acceptors (Lipinski definition) is 4. The van der Waals surface area contributed by atoms with Gasteiger partial charge in [-0.15, -0.1) is 54.1 Å². The summed E-state index contributed by atoms with van der Waals surface area (Å²) in [6, 6.07) is 30.0. The van der Waals surface area contributed by atoms with Gasteiger partial charge >= 0.3 is 0 Å². The van der Waals surface area contributed by atoms with E-state index in [2.05, 4.69) is 114 Å². The van der Waals surface area contributed by atoms with Crippen LogP contribution in [0.2, 0.25) is 19.6 Å². The normalized spacial score (nSPS) is 16.2. The summed E-state index contributed by atoms with van der Waals surface area (Å²) in [5, 5.41) is 3.67. The molecule has 2 aromatic carbocycles. The monoisotopic (exact) mass is 912 g/mol. The molecule has 0 aliphatic heterocycles. The van der Waals surface area contributed by atoms with Crippen LogP contribution in [0.4, 0.5) is 0 Å². The second kappa shape index (κ2) is 17.1. The van der Waals surface area contributed by atoms with Gasteiger partial charge in [0.1, 0.15) is 0 Å². The maximum atomic E-state index is 6.34. The van der Waals surface area contributed by atoms with Crippen molar-refractivity contribution in [2.45, 2.75) is 123 Å². The van der Waals surface area contributed by atoms with Crippen LogP contribution in [-0.2, 0) is 26.5 Å². The average molecular weight is 912 g/mol. The number of hydrogen-bond donors (Lipinski definition) is 0. The number of fused-ring (bicyclic) bond motifs is 3. The Morgan fingerprint density at radius 2 is 1.57 bits per heavy atom. The smallest absolute Gasteiger partial charge is 0.216 e. The third kappa shape index (κ3) is 9.15. The van der Waals surface area contributed by atoms with Crippen molar-refractivity contribution in [3.63, 3.8) is 0 Å². The van der Waals surface area contributed by atoms with Gasteiger partial charge in [-0.2, -0.15) is 0 Å². The molecule has 54 heavy (non-hydrogen) atoms. The van der Waals surface area contributed by atoms with Crippen LogP contribution in [0, 0.1) is 23.5 Å². The van der Waals surface area contributed by atoms with Crippen LogP contribution in [0.5, 0.6) is 0 Å². The fraction of sp³-hybridized carbons (Fsp3) is 0.438. The van der Waals surface area contributed by atoms with E-state index in [9.17, 15) is 0 Å². The molecule has 4 heterocycles.